The number of aliphatic hydroxyl groups excluding tert-OH is 1. The third-order valence-corrected chi connectivity index (χ3v) is 3.42. The standard InChI is InChI=1S/C13H26N2O3/c1-2-3-4-5-7-15(8-9-16)12(17)13(14)6-10-18-11-13/h16H,2-11,14H2,1H3. The molecule has 0 radical (unpaired) electrons. The van der Waals surface area contributed by atoms with Gasteiger partial charge in [-0.05, 0) is 12.8 Å². The quantitative estimate of drug-likeness (QED) is 0.622. The molecule has 106 valence electrons. The van der Waals surface area contributed by atoms with Gasteiger partial charge in [-0.1, -0.05) is 26.2 Å². The van der Waals surface area contributed by atoms with E-state index in [0.717, 1.165) is 12.8 Å². The first kappa shape index (κ1) is 15.4. The Labute approximate surface area is 109 Å². The molecular weight excluding hydrogens is 232 g/mol. The van der Waals surface area contributed by atoms with Crippen LogP contribution in [0.2, 0.25) is 0 Å². The number of hydrogen-bond acceptors (Lipinski definition) is 4. The molecule has 1 aliphatic heterocycles. The maximum atomic E-state index is 12.3. The first-order valence-corrected chi connectivity index (χ1v) is 6.91. The molecule has 0 aromatic rings. The number of hydrogen-bond donors (Lipinski definition) is 2. The number of carbonyl (C=O) groups is 1. The molecule has 0 saturated carbocycles. The highest BCUT2D eigenvalue weighted by Crippen LogP contribution is 2.19. The van der Waals surface area contributed by atoms with Crippen LogP contribution in [-0.2, 0) is 9.53 Å². The molecule has 0 aromatic carbocycles. The van der Waals surface area contributed by atoms with Gasteiger partial charge in [-0.2, -0.15) is 0 Å². The van der Waals surface area contributed by atoms with Crippen LogP contribution in [0.15, 0.2) is 0 Å². The predicted molar refractivity (Wildman–Crippen MR) is 70.2 cm³/mol. The van der Waals surface area contributed by atoms with E-state index in [-0.39, 0.29) is 12.5 Å². The predicted octanol–water partition coefficient (Wildman–Crippen LogP) is 0.505. The first-order valence-electron chi connectivity index (χ1n) is 6.91. The average molecular weight is 258 g/mol. The molecule has 5 nitrogen and oxygen atoms in total. The summed E-state index contributed by atoms with van der Waals surface area (Å²) < 4.78 is 5.22. The van der Waals surface area contributed by atoms with Crippen molar-refractivity contribution in [1.82, 2.24) is 4.90 Å². The molecule has 1 unspecified atom stereocenters. The Balaban J connectivity index is 2.46. The van der Waals surface area contributed by atoms with E-state index in [1.807, 2.05) is 0 Å². The number of amides is 1. The van der Waals surface area contributed by atoms with Crippen molar-refractivity contribution >= 4 is 5.91 Å². The first-order chi connectivity index (χ1) is 8.64. The Morgan fingerprint density at radius 3 is 2.72 bits per heavy atom. The Bertz CT molecular complexity index is 253. The van der Waals surface area contributed by atoms with Crippen molar-refractivity contribution in [2.75, 3.05) is 32.9 Å². The van der Waals surface area contributed by atoms with Gasteiger partial charge in [0.25, 0.3) is 0 Å². The zero-order valence-corrected chi connectivity index (χ0v) is 11.4. The fourth-order valence-electron chi connectivity index (χ4n) is 2.23. The summed E-state index contributed by atoms with van der Waals surface area (Å²) >= 11 is 0. The van der Waals surface area contributed by atoms with Crippen molar-refractivity contribution in [1.29, 1.82) is 0 Å². The molecular formula is C13H26N2O3. The van der Waals surface area contributed by atoms with Crippen LogP contribution in [-0.4, -0.2) is 54.4 Å². The Hall–Kier alpha value is -0.650. The number of nitrogens with two attached hydrogens (primary N) is 1. The van der Waals surface area contributed by atoms with Crippen molar-refractivity contribution in [3.05, 3.63) is 0 Å². The van der Waals surface area contributed by atoms with Crippen molar-refractivity contribution < 1.29 is 14.6 Å². The number of aliphatic hydroxyl groups is 1. The third kappa shape index (κ3) is 4.23. The van der Waals surface area contributed by atoms with Crippen LogP contribution >= 0.6 is 0 Å². The van der Waals surface area contributed by atoms with Gasteiger partial charge in [0, 0.05) is 19.7 Å². The third-order valence-electron chi connectivity index (χ3n) is 3.42. The van der Waals surface area contributed by atoms with Crippen molar-refractivity contribution in [3.8, 4) is 0 Å². The topological polar surface area (TPSA) is 75.8 Å². The van der Waals surface area contributed by atoms with Crippen molar-refractivity contribution in [2.45, 2.75) is 44.6 Å². The van der Waals surface area contributed by atoms with Gasteiger partial charge in [-0.15, -0.1) is 0 Å². The summed E-state index contributed by atoms with van der Waals surface area (Å²) in [6.07, 6.45) is 5.00. The summed E-state index contributed by atoms with van der Waals surface area (Å²) in [5, 5.41) is 9.05. The molecule has 1 aliphatic rings. The molecule has 1 heterocycles. The fourth-order valence-corrected chi connectivity index (χ4v) is 2.23. The summed E-state index contributed by atoms with van der Waals surface area (Å²) in [4.78, 5) is 14.0. The van der Waals surface area contributed by atoms with Gasteiger partial charge >= 0.3 is 0 Å². The highest BCUT2D eigenvalue weighted by atomic mass is 16.5. The normalized spacial score (nSPS) is 23.3. The molecule has 3 N–H and O–H groups in total. The maximum Gasteiger partial charge on any atom is 0.245 e. The van der Waals surface area contributed by atoms with Crippen LogP contribution < -0.4 is 5.73 Å². The minimum Gasteiger partial charge on any atom is -0.395 e. The summed E-state index contributed by atoms with van der Waals surface area (Å²) in [7, 11) is 0. The zero-order chi connectivity index (χ0) is 13.4. The fraction of sp³-hybridized carbons (Fsp3) is 0.923. The smallest absolute Gasteiger partial charge is 0.245 e. The molecule has 0 aliphatic carbocycles. The van der Waals surface area contributed by atoms with E-state index in [1.54, 1.807) is 4.90 Å². The SMILES string of the molecule is CCCCCCN(CCO)C(=O)C1(N)CCOC1. The molecule has 0 bridgehead atoms. The lowest BCUT2D eigenvalue weighted by Crippen LogP contribution is -2.56. The maximum absolute atomic E-state index is 12.3. The van der Waals surface area contributed by atoms with Gasteiger partial charge in [-0.25, -0.2) is 0 Å². The zero-order valence-electron chi connectivity index (χ0n) is 11.4. The Morgan fingerprint density at radius 2 is 2.17 bits per heavy atom. The van der Waals surface area contributed by atoms with E-state index in [0.29, 0.717) is 32.7 Å². The van der Waals surface area contributed by atoms with Gasteiger partial charge in [0.15, 0.2) is 0 Å². The number of rotatable bonds is 8. The van der Waals surface area contributed by atoms with E-state index < -0.39 is 5.54 Å². The average Bonchev–Trinajstić information content (AvgIpc) is 2.80. The molecule has 0 spiro atoms. The van der Waals surface area contributed by atoms with E-state index in [9.17, 15) is 4.79 Å². The number of unbranched alkanes of at least 4 members (excludes halogenated alkanes) is 3. The Kier molecular flexibility index (Phi) is 6.60. The summed E-state index contributed by atoms with van der Waals surface area (Å²) in [5.41, 5.74) is 5.19. The molecule has 5 heteroatoms. The van der Waals surface area contributed by atoms with E-state index in [1.165, 1.54) is 12.8 Å². The molecule has 1 saturated heterocycles. The molecule has 1 fully saturated rings. The van der Waals surface area contributed by atoms with Crippen LogP contribution in [0.25, 0.3) is 0 Å². The monoisotopic (exact) mass is 258 g/mol. The second-order valence-corrected chi connectivity index (χ2v) is 5.04. The van der Waals surface area contributed by atoms with Crippen molar-refractivity contribution in [3.63, 3.8) is 0 Å². The minimum atomic E-state index is -0.875. The molecule has 0 aromatic heterocycles. The largest absolute Gasteiger partial charge is 0.395 e. The molecule has 1 amide bonds. The molecule has 1 rings (SSSR count). The summed E-state index contributed by atoms with van der Waals surface area (Å²) in [6.45, 7) is 4.02. The van der Waals surface area contributed by atoms with Crippen molar-refractivity contribution in [2.24, 2.45) is 5.73 Å². The Morgan fingerprint density at radius 1 is 1.39 bits per heavy atom. The highest BCUT2D eigenvalue weighted by molar-refractivity contribution is 5.86. The molecule has 1 atom stereocenters. The van der Waals surface area contributed by atoms with Crippen LogP contribution in [0.4, 0.5) is 0 Å². The lowest BCUT2D eigenvalue weighted by molar-refractivity contribution is -0.137. The molecule has 18 heavy (non-hydrogen) atoms. The summed E-state index contributed by atoms with van der Waals surface area (Å²) in [6, 6.07) is 0. The van der Waals surface area contributed by atoms with Gasteiger partial charge < -0.3 is 20.5 Å². The second kappa shape index (κ2) is 7.71. The lowest BCUT2D eigenvalue weighted by atomic mass is 9.98. The van der Waals surface area contributed by atoms with Gasteiger partial charge in [0.1, 0.15) is 5.54 Å². The van der Waals surface area contributed by atoms with Crippen LogP contribution in [0.1, 0.15) is 39.0 Å². The van der Waals surface area contributed by atoms with Crippen LogP contribution in [0, 0.1) is 0 Å². The second-order valence-electron chi connectivity index (χ2n) is 5.04. The van der Waals surface area contributed by atoms with E-state index >= 15 is 0 Å². The number of ether oxygens (including phenoxy) is 1. The van der Waals surface area contributed by atoms with Gasteiger partial charge in [-0.3, -0.25) is 4.79 Å². The highest BCUT2D eigenvalue weighted by Gasteiger charge is 2.40. The summed E-state index contributed by atoms with van der Waals surface area (Å²) in [5.74, 6) is -0.0782. The lowest BCUT2D eigenvalue weighted by Gasteiger charge is -2.30. The van der Waals surface area contributed by atoms with Crippen LogP contribution in [0.5, 0.6) is 0 Å². The van der Waals surface area contributed by atoms with Crippen LogP contribution in [0.3, 0.4) is 0 Å². The van der Waals surface area contributed by atoms with Gasteiger partial charge in [0.2, 0.25) is 5.91 Å². The van der Waals surface area contributed by atoms with E-state index in [2.05, 4.69) is 6.92 Å². The minimum absolute atomic E-state index is 0.0174. The number of carbonyl (C=O) groups excluding carboxylic acids is 1. The number of nitrogens with zero attached hydrogens (tertiary/aromatic N) is 1. The van der Waals surface area contributed by atoms with E-state index in [4.69, 9.17) is 15.6 Å². The van der Waals surface area contributed by atoms with Gasteiger partial charge in [0.05, 0.1) is 13.2 Å².